The van der Waals surface area contributed by atoms with Gasteiger partial charge in [-0.05, 0) is 43.8 Å². The maximum Gasteiger partial charge on any atom is 0.419 e. The van der Waals surface area contributed by atoms with Crippen molar-refractivity contribution < 1.29 is 31.9 Å². The summed E-state index contributed by atoms with van der Waals surface area (Å²) in [4.78, 5) is 31.1. The van der Waals surface area contributed by atoms with Crippen LogP contribution < -0.4 is 25.3 Å². The van der Waals surface area contributed by atoms with E-state index in [9.17, 15) is 22.4 Å². The van der Waals surface area contributed by atoms with Crippen molar-refractivity contribution in [2.24, 2.45) is 0 Å². The lowest BCUT2D eigenvalue weighted by Crippen LogP contribution is -2.50. The minimum atomic E-state index is -4.84. The van der Waals surface area contributed by atoms with E-state index in [1.807, 2.05) is 6.07 Å². The molecule has 2 aromatic carbocycles. The summed E-state index contributed by atoms with van der Waals surface area (Å²) in [5.74, 6) is -0.610. The highest BCUT2D eigenvalue weighted by Gasteiger charge is 2.37. The molecule has 2 atom stereocenters. The number of hydrogen-bond donors (Lipinski definition) is 2. The summed E-state index contributed by atoms with van der Waals surface area (Å²) in [7, 11) is 3.60. The summed E-state index contributed by atoms with van der Waals surface area (Å²) < 4.78 is 59.8. The average molecular weight is 616 g/mol. The van der Waals surface area contributed by atoms with Crippen LogP contribution in [0.1, 0.15) is 30.5 Å². The number of halogens is 4. The Hall–Kier alpha value is -4.43. The molecular weight excluding hydrogens is 582 g/mol. The first kappa shape index (κ1) is 31.0. The molecule has 1 aromatic heterocycles. The largest absolute Gasteiger partial charge is 0.494 e. The molecule has 2 N–H and O–H groups in total. The number of anilines is 5. The number of carbonyl (C=O) groups is 1. The summed E-state index contributed by atoms with van der Waals surface area (Å²) >= 11 is 0. The van der Waals surface area contributed by atoms with Gasteiger partial charge in [-0.1, -0.05) is 12.6 Å². The number of ether oxygens (including phenoxy) is 1. The van der Waals surface area contributed by atoms with E-state index in [1.54, 1.807) is 12.1 Å². The number of hydroxylamine groups is 1. The third-order valence-corrected chi connectivity index (χ3v) is 7.79. The Morgan fingerprint density at radius 2 is 1.95 bits per heavy atom. The van der Waals surface area contributed by atoms with Gasteiger partial charge in [-0.2, -0.15) is 13.2 Å². The van der Waals surface area contributed by atoms with Gasteiger partial charge in [0.15, 0.2) is 5.82 Å². The number of amides is 1. The molecule has 3 heterocycles. The van der Waals surface area contributed by atoms with E-state index in [0.29, 0.717) is 35.4 Å². The van der Waals surface area contributed by atoms with Gasteiger partial charge in [0.05, 0.1) is 42.4 Å². The number of nitrogens with one attached hydrogen (secondary N) is 2. The van der Waals surface area contributed by atoms with Crippen molar-refractivity contribution in [3.63, 3.8) is 0 Å². The van der Waals surface area contributed by atoms with Crippen molar-refractivity contribution in [1.82, 2.24) is 14.9 Å². The molecule has 0 bridgehead atoms. The van der Waals surface area contributed by atoms with E-state index in [0.717, 1.165) is 37.5 Å². The normalized spacial score (nSPS) is 19.2. The number of likely N-dealkylation sites (N-methyl/N-ethyl adjacent to an activating group) is 1. The number of alkyl halides is 3. The van der Waals surface area contributed by atoms with Crippen LogP contribution >= 0.6 is 0 Å². The predicted octanol–water partition coefficient (Wildman–Crippen LogP) is 5.53. The molecule has 1 amide bonds. The van der Waals surface area contributed by atoms with Crippen LogP contribution in [-0.2, 0) is 15.8 Å². The minimum absolute atomic E-state index is 0.225. The molecular formula is C30H33F4N7O3. The second-order valence-electron chi connectivity index (χ2n) is 10.6. The molecule has 5 rings (SSSR count). The highest BCUT2D eigenvalue weighted by Crippen LogP contribution is 2.41. The first-order chi connectivity index (χ1) is 21.0. The van der Waals surface area contributed by atoms with Crippen LogP contribution in [0.25, 0.3) is 0 Å². The number of piperazine rings is 1. The summed E-state index contributed by atoms with van der Waals surface area (Å²) in [5, 5.41) is 7.47. The van der Waals surface area contributed by atoms with Gasteiger partial charge in [-0.25, -0.2) is 19.4 Å². The van der Waals surface area contributed by atoms with E-state index in [-0.39, 0.29) is 23.9 Å². The molecule has 0 spiro atoms. The van der Waals surface area contributed by atoms with Crippen LogP contribution in [0.3, 0.4) is 0 Å². The van der Waals surface area contributed by atoms with Crippen molar-refractivity contribution in [3.8, 4) is 5.75 Å². The summed E-state index contributed by atoms with van der Waals surface area (Å²) in [6.07, 6.45) is -2.00. The van der Waals surface area contributed by atoms with Gasteiger partial charge < -0.3 is 25.2 Å². The molecule has 44 heavy (non-hydrogen) atoms. The Morgan fingerprint density at radius 1 is 1.16 bits per heavy atom. The maximum atomic E-state index is 13.9. The zero-order valence-electron chi connectivity index (χ0n) is 24.5. The number of methoxy groups -OCH3 is 1. The number of benzene rings is 2. The van der Waals surface area contributed by atoms with Gasteiger partial charge in [-0.3, -0.25) is 9.63 Å². The first-order valence-electron chi connectivity index (χ1n) is 14.0. The molecule has 234 valence electrons. The number of aromatic nitrogens is 2. The lowest BCUT2D eigenvalue weighted by Gasteiger charge is -2.39. The van der Waals surface area contributed by atoms with Gasteiger partial charge in [0, 0.05) is 44.2 Å². The van der Waals surface area contributed by atoms with Gasteiger partial charge in [0.25, 0.3) is 0 Å². The van der Waals surface area contributed by atoms with E-state index < -0.39 is 23.6 Å². The Kier molecular flexibility index (Phi) is 8.92. The third-order valence-electron chi connectivity index (χ3n) is 7.79. The molecule has 2 saturated heterocycles. The fourth-order valence-electron chi connectivity index (χ4n) is 5.29. The molecule has 10 nitrogen and oxygen atoms in total. The summed E-state index contributed by atoms with van der Waals surface area (Å²) in [5.41, 5.74) is 0.727. The highest BCUT2D eigenvalue weighted by molar-refractivity contribution is 6.02. The molecule has 0 saturated carbocycles. The standard InChI is InChI=1S/C30H33F4N7O3/c1-5-29(42)38-22-13-23(26(43-4)14-25(22)40-10-9-39(3)18(2)16-40)37-27-15-28(36-17-35-27)41-24(8-11-44-41)19-6-7-21(31)20(12-19)30(32,33)34/h5-7,12-15,17-18,24H,1,8-11,16H2,2-4H3,(H,38,42)(H,35,36,37)/t18-,24+/m0/s1. The Morgan fingerprint density at radius 3 is 2.66 bits per heavy atom. The lowest BCUT2D eigenvalue weighted by atomic mass is 10.0. The van der Waals surface area contributed by atoms with Crippen LogP contribution in [-0.4, -0.2) is 67.2 Å². The molecule has 2 aliphatic rings. The highest BCUT2D eigenvalue weighted by atomic mass is 19.4. The Balaban J connectivity index is 1.45. The monoisotopic (exact) mass is 615 g/mol. The average Bonchev–Trinajstić information content (AvgIpc) is 3.49. The number of rotatable bonds is 8. The van der Waals surface area contributed by atoms with Crippen LogP contribution in [0, 0.1) is 5.82 Å². The molecule has 0 radical (unpaired) electrons. The van der Waals surface area contributed by atoms with Gasteiger partial charge in [0.1, 0.15) is 23.7 Å². The van der Waals surface area contributed by atoms with E-state index in [2.05, 4.69) is 51.0 Å². The van der Waals surface area contributed by atoms with Crippen molar-refractivity contribution in [3.05, 3.63) is 72.3 Å². The smallest absolute Gasteiger partial charge is 0.419 e. The first-order valence-corrected chi connectivity index (χ1v) is 14.0. The third kappa shape index (κ3) is 6.55. The molecule has 0 aliphatic carbocycles. The van der Waals surface area contributed by atoms with Crippen molar-refractivity contribution >= 4 is 34.6 Å². The molecule has 3 aromatic rings. The van der Waals surface area contributed by atoms with Crippen LogP contribution in [0.2, 0.25) is 0 Å². The van der Waals surface area contributed by atoms with E-state index >= 15 is 0 Å². The second kappa shape index (κ2) is 12.7. The molecule has 14 heteroatoms. The van der Waals surface area contributed by atoms with Crippen molar-refractivity contribution in [2.45, 2.75) is 31.6 Å². The quantitative estimate of drug-likeness (QED) is 0.251. The molecule has 2 aliphatic heterocycles. The number of hydrogen-bond acceptors (Lipinski definition) is 9. The molecule has 2 fully saturated rings. The molecule has 0 unspecified atom stereocenters. The fourth-order valence-corrected chi connectivity index (χ4v) is 5.29. The number of carbonyl (C=O) groups excluding carboxylic acids is 1. The fraction of sp³-hybridized carbons (Fsp3) is 0.367. The summed E-state index contributed by atoms with van der Waals surface area (Å²) in [6, 6.07) is 7.73. The zero-order chi connectivity index (χ0) is 31.6. The topological polar surface area (TPSA) is 95.1 Å². The minimum Gasteiger partial charge on any atom is -0.494 e. The van der Waals surface area contributed by atoms with E-state index in [4.69, 9.17) is 9.57 Å². The van der Waals surface area contributed by atoms with Crippen LogP contribution in [0.5, 0.6) is 5.75 Å². The second-order valence-corrected chi connectivity index (χ2v) is 10.6. The SMILES string of the molecule is C=CC(=O)Nc1cc(Nc2cc(N3OCC[C@@H]3c3ccc(F)c(C(F)(F)F)c3)ncn2)c(OC)cc1N1CCN(C)[C@@H](C)C1. The van der Waals surface area contributed by atoms with Gasteiger partial charge >= 0.3 is 6.18 Å². The lowest BCUT2D eigenvalue weighted by molar-refractivity contribution is -0.140. The van der Waals surface area contributed by atoms with Crippen LogP contribution in [0.15, 0.2) is 55.4 Å². The van der Waals surface area contributed by atoms with Crippen LogP contribution in [0.4, 0.5) is 46.3 Å². The Labute approximate surface area is 252 Å². The maximum absolute atomic E-state index is 13.9. The Bertz CT molecular complexity index is 1540. The van der Waals surface area contributed by atoms with E-state index in [1.165, 1.54) is 30.6 Å². The van der Waals surface area contributed by atoms with Crippen molar-refractivity contribution in [2.75, 3.05) is 61.0 Å². The predicted molar refractivity (Wildman–Crippen MR) is 159 cm³/mol. The summed E-state index contributed by atoms with van der Waals surface area (Å²) in [6.45, 7) is 8.26. The van der Waals surface area contributed by atoms with Gasteiger partial charge in [-0.15, -0.1) is 0 Å². The zero-order valence-corrected chi connectivity index (χ0v) is 24.5. The van der Waals surface area contributed by atoms with Gasteiger partial charge in [0.2, 0.25) is 5.91 Å². The number of nitrogens with zero attached hydrogens (tertiary/aromatic N) is 5. The van der Waals surface area contributed by atoms with Crippen molar-refractivity contribution in [1.29, 1.82) is 0 Å².